The van der Waals surface area contributed by atoms with Gasteiger partial charge in [-0.1, -0.05) is 66.7 Å². The number of hydrogen-bond acceptors (Lipinski definition) is 4. The summed E-state index contributed by atoms with van der Waals surface area (Å²) in [5.41, 5.74) is 6.16. The Balaban J connectivity index is 1.57. The Labute approximate surface area is 180 Å². The van der Waals surface area contributed by atoms with Gasteiger partial charge in [0.25, 0.3) is 0 Å². The Hall–Kier alpha value is -3.12. The van der Waals surface area contributed by atoms with E-state index in [2.05, 4.69) is 48.4 Å². The number of amides is 1. The van der Waals surface area contributed by atoms with E-state index < -0.39 is 0 Å². The largest absolute Gasteiger partial charge is 0.324 e. The highest BCUT2D eigenvalue weighted by atomic mass is 32.2. The van der Waals surface area contributed by atoms with E-state index in [-0.39, 0.29) is 12.5 Å². The van der Waals surface area contributed by atoms with E-state index in [0.717, 1.165) is 39.6 Å². The first-order chi connectivity index (χ1) is 14.6. The van der Waals surface area contributed by atoms with Gasteiger partial charge in [-0.2, -0.15) is 0 Å². The van der Waals surface area contributed by atoms with Crippen molar-refractivity contribution in [3.05, 3.63) is 83.7 Å². The summed E-state index contributed by atoms with van der Waals surface area (Å²) in [5.74, 6) is 0.718. The van der Waals surface area contributed by atoms with Gasteiger partial charge in [-0.15, -0.1) is 0 Å². The van der Waals surface area contributed by atoms with E-state index in [9.17, 15) is 4.79 Å². The van der Waals surface area contributed by atoms with Crippen LogP contribution in [-0.4, -0.2) is 20.4 Å². The summed E-state index contributed by atoms with van der Waals surface area (Å²) in [5, 5.41) is 3.87. The SMILES string of the molecule is CCc1ccccc1NC(=O)Cn1c(SCc2cccc(C)c2)nc2ccncc21. The number of carbonyl (C=O) groups excluding carboxylic acids is 1. The molecule has 1 amide bonds. The molecule has 1 N–H and O–H groups in total. The fraction of sp³-hybridized carbons (Fsp3) is 0.208. The minimum absolute atomic E-state index is 0.0727. The van der Waals surface area contributed by atoms with Crippen molar-refractivity contribution >= 4 is 34.4 Å². The molecule has 0 saturated carbocycles. The Morgan fingerprint density at radius 2 is 2.00 bits per heavy atom. The molecule has 4 aromatic rings. The number of rotatable bonds is 7. The number of thioether (sulfide) groups is 1. The van der Waals surface area contributed by atoms with Gasteiger partial charge in [0, 0.05) is 17.6 Å². The summed E-state index contributed by atoms with van der Waals surface area (Å²) in [7, 11) is 0. The molecule has 0 aliphatic carbocycles. The second-order valence-corrected chi connectivity index (χ2v) is 8.12. The van der Waals surface area contributed by atoms with Crippen LogP contribution < -0.4 is 5.32 Å². The van der Waals surface area contributed by atoms with Crippen LogP contribution in [-0.2, 0) is 23.5 Å². The average molecular weight is 417 g/mol. The Morgan fingerprint density at radius 3 is 2.83 bits per heavy atom. The van der Waals surface area contributed by atoms with Crippen molar-refractivity contribution < 1.29 is 4.79 Å². The van der Waals surface area contributed by atoms with Gasteiger partial charge in [0.05, 0.1) is 17.2 Å². The van der Waals surface area contributed by atoms with Crippen LogP contribution in [0.25, 0.3) is 11.0 Å². The second-order valence-electron chi connectivity index (χ2n) is 7.18. The topological polar surface area (TPSA) is 59.8 Å². The maximum Gasteiger partial charge on any atom is 0.244 e. The van der Waals surface area contributed by atoms with Gasteiger partial charge in [-0.25, -0.2) is 4.98 Å². The first kappa shape index (κ1) is 20.2. The molecule has 0 aliphatic rings. The minimum atomic E-state index is -0.0727. The lowest BCUT2D eigenvalue weighted by atomic mass is 10.1. The van der Waals surface area contributed by atoms with Crippen molar-refractivity contribution in [2.45, 2.75) is 37.7 Å². The molecule has 0 radical (unpaired) electrons. The first-order valence-electron chi connectivity index (χ1n) is 10.0. The van der Waals surface area contributed by atoms with Gasteiger partial charge in [0.1, 0.15) is 6.54 Å². The van der Waals surface area contributed by atoms with Crippen molar-refractivity contribution in [2.24, 2.45) is 0 Å². The normalized spacial score (nSPS) is 11.0. The van der Waals surface area contributed by atoms with Crippen molar-refractivity contribution in [1.82, 2.24) is 14.5 Å². The van der Waals surface area contributed by atoms with Crippen LogP contribution in [0.4, 0.5) is 5.69 Å². The van der Waals surface area contributed by atoms with Crippen molar-refractivity contribution in [3.63, 3.8) is 0 Å². The predicted octanol–water partition coefficient (Wildman–Crippen LogP) is 5.23. The molecular weight excluding hydrogens is 392 g/mol. The molecule has 0 spiro atoms. The summed E-state index contributed by atoms with van der Waals surface area (Å²) >= 11 is 1.63. The third-order valence-electron chi connectivity index (χ3n) is 4.94. The standard InChI is InChI=1S/C24H24N4OS/c1-3-19-9-4-5-10-20(19)26-23(29)15-28-22-14-25-12-11-21(22)27-24(28)30-16-18-8-6-7-17(2)13-18/h4-14H,3,15-16H2,1-2H3,(H,26,29). The van der Waals surface area contributed by atoms with Gasteiger partial charge >= 0.3 is 0 Å². The van der Waals surface area contributed by atoms with Gasteiger partial charge < -0.3 is 9.88 Å². The van der Waals surface area contributed by atoms with Crippen molar-refractivity contribution in [1.29, 1.82) is 0 Å². The third-order valence-corrected chi connectivity index (χ3v) is 5.99. The van der Waals surface area contributed by atoms with Crippen molar-refractivity contribution in [3.8, 4) is 0 Å². The maximum absolute atomic E-state index is 12.9. The molecule has 0 bridgehead atoms. The number of nitrogens with one attached hydrogen (secondary N) is 1. The minimum Gasteiger partial charge on any atom is -0.324 e. The molecule has 5 nitrogen and oxygen atoms in total. The van der Waals surface area contributed by atoms with E-state index in [4.69, 9.17) is 4.98 Å². The highest BCUT2D eigenvalue weighted by Crippen LogP contribution is 2.27. The molecule has 2 aromatic carbocycles. The molecular formula is C24H24N4OS. The maximum atomic E-state index is 12.9. The van der Waals surface area contributed by atoms with Crippen LogP contribution in [0.5, 0.6) is 0 Å². The number of aromatic nitrogens is 3. The third kappa shape index (κ3) is 4.54. The lowest BCUT2D eigenvalue weighted by Gasteiger charge is -2.12. The van der Waals surface area contributed by atoms with Crippen LogP contribution in [0, 0.1) is 6.92 Å². The molecule has 6 heteroatoms. The summed E-state index contributed by atoms with van der Waals surface area (Å²) in [6, 6.07) is 18.2. The van der Waals surface area contributed by atoms with Crippen LogP contribution in [0.2, 0.25) is 0 Å². The zero-order chi connectivity index (χ0) is 20.9. The lowest BCUT2D eigenvalue weighted by Crippen LogP contribution is -2.20. The van der Waals surface area contributed by atoms with E-state index >= 15 is 0 Å². The number of benzene rings is 2. The fourth-order valence-corrected chi connectivity index (χ4v) is 4.40. The van der Waals surface area contributed by atoms with E-state index in [1.807, 2.05) is 34.9 Å². The number of imidazole rings is 1. The summed E-state index contributed by atoms with van der Waals surface area (Å²) in [6.45, 7) is 4.37. The number of aryl methyl sites for hydroxylation is 2. The predicted molar refractivity (Wildman–Crippen MR) is 123 cm³/mol. The number of nitrogens with zero attached hydrogens (tertiary/aromatic N) is 3. The van der Waals surface area contributed by atoms with Crippen LogP contribution >= 0.6 is 11.8 Å². The van der Waals surface area contributed by atoms with E-state index in [1.54, 1.807) is 24.2 Å². The van der Waals surface area contributed by atoms with Gasteiger partial charge in [-0.05, 0) is 36.6 Å². The van der Waals surface area contributed by atoms with Crippen molar-refractivity contribution in [2.75, 3.05) is 5.32 Å². The van der Waals surface area contributed by atoms with E-state index in [1.165, 1.54) is 11.1 Å². The fourth-order valence-electron chi connectivity index (χ4n) is 3.44. The Morgan fingerprint density at radius 1 is 1.13 bits per heavy atom. The lowest BCUT2D eigenvalue weighted by molar-refractivity contribution is -0.116. The molecule has 4 rings (SSSR count). The van der Waals surface area contributed by atoms with Crippen LogP contribution in [0.15, 0.2) is 72.1 Å². The molecule has 2 aromatic heterocycles. The second kappa shape index (κ2) is 9.13. The number of carbonyl (C=O) groups is 1. The highest BCUT2D eigenvalue weighted by molar-refractivity contribution is 7.98. The van der Waals surface area contributed by atoms with Crippen LogP contribution in [0.1, 0.15) is 23.6 Å². The summed E-state index contributed by atoms with van der Waals surface area (Å²) < 4.78 is 1.95. The molecule has 152 valence electrons. The van der Waals surface area contributed by atoms with Crippen LogP contribution in [0.3, 0.4) is 0 Å². The van der Waals surface area contributed by atoms with Gasteiger partial charge in [0.2, 0.25) is 5.91 Å². The first-order valence-corrected chi connectivity index (χ1v) is 11.0. The Kier molecular flexibility index (Phi) is 6.14. The average Bonchev–Trinajstić information content (AvgIpc) is 3.10. The number of fused-ring (bicyclic) bond motifs is 1. The molecule has 0 aliphatic heterocycles. The number of para-hydroxylation sites is 1. The summed E-state index contributed by atoms with van der Waals surface area (Å²) in [4.78, 5) is 21.9. The molecule has 0 atom stereocenters. The summed E-state index contributed by atoms with van der Waals surface area (Å²) in [6.07, 6.45) is 4.37. The van der Waals surface area contributed by atoms with E-state index in [0.29, 0.717) is 0 Å². The monoisotopic (exact) mass is 416 g/mol. The van der Waals surface area contributed by atoms with Gasteiger partial charge in [0.15, 0.2) is 5.16 Å². The Bertz CT molecular complexity index is 1180. The zero-order valence-corrected chi connectivity index (χ0v) is 17.9. The number of anilines is 1. The molecule has 30 heavy (non-hydrogen) atoms. The zero-order valence-electron chi connectivity index (χ0n) is 17.1. The number of hydrogen-bond donors (Lipinski definition) is 1. The molecule has 0 unspecified atom stereocenters. The molecule has 0 fully saturated rings. The molecule has 2 heterocycles. The quantitative estimate of drug-likeness (QED) is 0.419. The smallest absolute Gasteiger partial charge is 0.244 e. The van der Waals surface area contributed by atoms with Gasteiger partial charge in [-0.3, -0.25) is 9.78 Å². The molecule has 0 saturated heterocycles. The number of pyridine rings is 1. The highest BCUT2D eigenvalue weighted by Gasteiger charge is 2.15.